The van der Waals surface area contributed by atoms with E-state index in [2.05, 4.69) is 25.5 Å². The number of aryl methyl sites for hydroxylation is 1. The summed E-state index contributed by atoms with van der Waals surface area (Å²) in [6, 6.07) is 19.6. The Hall–Kier alpha value is -4.04. The zero-order valence-corrected chi connectivity index (χ0v) is 20.8. The first-order valence-corrected chi connectivity index (χ1v) is 12.1. The van der Waals surface area contributed by atoms with Crippen LogP contribution >= 0.6 is 0 Å². The van der Waals surface area contributed by atoms with Gasteiger partial charge in [-0.1, -0.05) is 36.4 Å². The van der Waals surface area contributed by atoms with Gasteiger partial charge in [0, 0.05) is 19.0 Å². The SMILES string of the molecule is Cc1ccc(OCCCOC(C)C)cc1-c1ccnc(NC(=O)c2nnc(Cc3ccccc3)[nH]2)c1. The molecule has 186 valence electrons. The van der Waals surface area contributed by atoms with Crippen LogP contribution in [0, 0.1) is 6.92 Å². The standard InChI is InChI=1S/C28H31N5O3/c1-19(2)35-14-7-15-36-23-11-10-20(3)24(18-23)22-12-13-29-25(17-22)31-28(34)27-30-26(32-33-27)16-21-8-5-4-6-9-21/h4-6,8-13,17-19H,7,14-16H2,1-3H3,(H,29,31,34)(H,30,32,33). The van der Waals surface area contributed by atoms with E-state index in [0.717, 1.165) is 34.4 Å². The quantitative estimate of drug-likeness (QED) is 0.283. The van der Waals surface area contributed by atoms with Crippen LogP contribution in [0.3, 0.4) is 0 Å². The van der Waals surface area contributed by atoms with Crippen LogP contribution in [0.25, 0.3) is 11.1 Å². The van der Waals surface area contributed by atoms with Gasteiger partial charge in [0.05, 0.1) is 19.3 Å². The second kappa shape index (κ2) is 12.1. The lowest BCUT2D eigenvalue weighted by Gasteiger charge is -2.12. The molecule has 8 heteroatoms. The Balaban J connectivity index is 1.40. The maximum Gasteiger partial charge on any atom is 0.294 e. The van der Waals surface area contributed by atoms with Crippen LogP contribution in [0.2, 0.25) is 0 Å². The third kappa shape index (κ3) is 6.99. The van der Waals surface area contributed by atoms with Crippen LogP contribution in [-0.2, 0) is 11.2 Å². The van der Waals surface area contributed by atoms with E-state index in [4.69, 9.17) is 9.47 Å². The number of amides is 1. The van der Waals surface area contributed by atoms with E-state index >= 15 is 0 Å². The number of pyridine rings is 1. The number of hydrogen-bond acceptors (Lipinski definition) is 6. The molecule has 2 N–H and O–H groups in total. The van der Waals surface area contributed by atoms with Crippen molar-refractivity contribution >= 4 is 11.7 Å². The van der Waals surface area contributed by atoms with E-state index in [0.29, 0.717) is 31.3 Å². The number of anilines is 1. The summed E-state index contributed by atoms with van der Waals surface area (Å²) < 4.78 is 11.5. The molecule has 1 amide bonds. The maximum absolute atomic E-state index is 12.7. The molecule has 4 aromatic rings. The van der Waals surface area contributed by atoms with E-state index in [9.17, 15) is 4.79 Å². The van der Waals surface area contributed by atoms with Gasteiger partial charge in [-0.15, -0.1) is 10.2 Å². The molecule has 2 heterocycles. The fraction of sp³-hybridized carbons (Fsp3) is 0.286. The highest BCUT2D eigenvalue weighted by molar-refractivity contribution is 6.01. The number of nitrogens with one attached hydrogen (secondary N) is 2. The summed E-state index contributed by atoms with van der Waals surface area (Å²) in [5.74, 6) is 1.58. The minimum absolute atomic E-state index is 0.140. The minimum Gasteiger partial charge on any atom is -0.493 e. The number of H-pyrrole nitrogens is 1. The van der Waals surface area contributed by atoms with Crippen molar-refractivity contribution in [2.75, 3.05) is 18.5 Å². The van der Waals surface area contributed by atoms with Crippen LogP contribution in [0.1, 0.15) is 47.8 Å². The van der Waals surface area contributed by atoms with Gasteiger partial charge in [0.25, 0.3) is 5.91 Å². The molecule has 0 unspecified atom stereocenters. The van der Waals surface area contributed by atoms with Crippen LogP contribution in [0.5, 0.6) is 5.75 Å². The normalized spacial score (nSPS) is 11.0. The van der Waals surface area contributed by atoms with Gasteiger partial charge in [-0.25, -0.2) is 4.98 Å². The van der Waals surface area contributed by atoms with E-state index < -0.39 is 5.91 Å². The van der Waals surface area contributed by atoms with Crippen molar-refractivity contribution in [2.45, 2.75) is 39.7 Å². The van der Waals surface area contributed by atoms with Gasteiger partial charge in [-0.3, -0.25) is 4.79 Å². The molecule has 2 aromatic carbocycles. The highest BCUT2D eigenvalue weighted by Gasteiger charge is 2.14. The number of hydrogen-bond donors (Lipinski definition) is 2. The summed E-state index contributed by atoms with van der Waals surface area (Å²) in [5.41, 5.74) is 4.11. The largest absolute Gasteiger partial charge is 0.493 e. The molecule has 36 heavy (non-hydrogen) atoms. The minimum atomic E-state index is -0.399. The summed E-state index contributed by atoms with van der Waals surface area (Å²) in [4.78, 5) is 20.0. The molecule has 4 rings (SSSR count). The summed E-state index contributed by atoms with van der Waals surface area (Å²) in [7, 11) is 0. The number of carbonyl (C=O) groups excluding carboxylic acids is 1. The number of carbonyl (C=O) groups is 1. The lowest BCUT2D eigenvalue weighted by atomic mass is 10.0. The van der Waals surface area contributed by atoms with Gasteiger partial charge in [0.1, 0.15) is 17.4 Å². The molecular formula is C28H31N5O3. The Morgan fingerprint density at radius 1 is 1.03 bits per heavy atom. The lowest BCUT2D eigenvalue weighted by molar-refractivity contribution is 0.0694. The highest BCUT2D eigenvalue weighted by Crippen LogP contribution is 2.29. The number of nitrogens with zero attached hydrogens (tertiary/aromatic N) is 3. The first-order valence-electron chi connectivity index (χ1n) is 12.1. The predicted octanol–water partition coefficient (Wildman–Crippen LogP) is 5.21. The van der Waals surface area contributed by atoms with Crippen molar-refractivity contribution in [3.8, 4) is 16.9 Å². The molecule has 0 saturated carbocycles. The van der Waals surface area contributed by atoms with Crippen LogP contribution < -0.4 is 10.1 Å². The smallest absolute Gasteiger partial charge is 0.294 e. The van der Waals surface area contributed by atoms with Gasteiger partial charge in [0.15, 0.2) is 0 Å². The number of benzene rings is 2. The summed E-state index contributed by atoms with van der Waals surface area (Å²) in [6.45, 7) is 7.33. The summed E-state index contributed by atoms with van der Waals surface area (Å²) in [6.07, 6.45) is 3.28. The van der Waals surface area contributed by atoms with Crippen molar-refractivity contribution in [1.29, 1.82) is 0 Å². The number of rotatable bonds is 11. The Bertz CT molecular complexity index is 1290. The van der Waals surface area contributed by atoms with E-state index in [1.165, 1.54) is 0 Å². The van der Waals surface area contributed by atoms with Gasteiger partial charge in [-0.2, -0.15) is 0 Å². The monoisotopic (exact) mass is 485 g/mol. The molecule has 0 aliphatic rings. The molecule has 0 fully saturated rings. The second-order valence-electron chi connectivity index (χ2n) is 8.76. The highest BCUT2D eigenvalue weighted by atomic mass is 16.5. The zero-order chi connectivity index (χ0) is 25.3. The van der Waals surface area contributed by atoms with E-state index in [-0.39, 0.29) is 11.9 Å². The maximum atomic E-state index is 12.7. The summed E-state index contributed by atoms with van der Waals surface area (Å²) >= 11 is 0. The lowest BCUT2D eigenvalue weighted by Crippen LogP contribution is -2.14. The average Bonchev–Trinajstić information content (AvgIpc) is 3.34. The number of aromatic nitrogens is 4. The third-order valence-corrected chi connectivity index (χ3v) is 5.49. The predicted molar refractivity (Wildman–Crippen MR) is 139 cm³/mol. The Kier molecular flexibility index (Phi) is 8.41. The Labute approximate surface area is 211 Å². The third-order valence-electron chi connectivity index (χ3n) is 5.49. The van der Waals surface area contributed by atoms with Crippen LogP contribution in [0.15, 0.2) is 66.9 Å². The second-order valence-corrected chi connectivity index (χ2v) is 8.76. The molecule has 0 aliphatic heterocycles. The number of aromatic amines is 1. The molecule has 0 aliphatic carbocycles. The van der Waals surface area contributed by atoms with Gasteiger partial charge >= 0.3 is 0 Å². The van der Waals surface area contributed by atoms with Crippen molar-refractivity contribution in [3.63, 3.8) is 0 Å². The Morgan fingerprint density at radius 2 is 1.86 bits per heavy atom. The Morgan fingerprint density at radius 3 is 2.67 bits per heavy atom. The molecule has 2 aromatic heterocycles. The van der Waals surface area contributed by atoms with Gasteiger partial charge < -0.3 is 19.8 Å². The molecular weight excluding hydrogens is 454 g/mol. The summed E-state index contributed by atoms with van der Waals surface area (Å²) in [5, 5.41) is 10.9. The average molecular weight is 486 g/mol. The first kappa shape index (κ1) is 25.1. The van der Waals surface area contributed by atoms with Crippen molar-refractivity contribution in [2.24, 2.45) is 0 Å². The van der Waals surface area contributed by atoms with Gasteiger partial charge in [0.2, 0.25) is 5.82 Å². The van der Waals surface area contributed by atoms with Gasteiger partial charge in [-0.05, 0) is 67.3 Å². The fourth-order valence-electron chi connectivity index (χ4n) is 3.68. The van der Waals surface area contributed by atoms with Crippen LogP contribution in [0.4, 0.5) is 5.82 Å². The molecule has 0 atom stereocenters. The van der Waals surface area contributed by atoms with Crippen molar-refractivity contribution in [1.82, 2.24) is 20.2 Å². The first-order chi connectivity index (χ1) is 17.5. The molecule has 0 spiro atoms. The molecule has 0 radical (unpaired) electrons. The number of ether oxygens (including phenoxy) is 2. The molecule has 0 saturated heterocycles. The fourth-order valence-corrected chi connectivity index (χ4v) is 3.68. The van der Waals surface area contributed by atoms with E-state index in [1.807, 2.05) is 81.4 Å². The molecule has 0 bridgehead atoms. The van der Waals surface area contributed by atoms with E-state index in [1.54, 1.807) is 6.20 Å². The zero-order valence-electron chi connectivity index (χ0n) is 20.8. The van der Waals surface area contributed by atoms with Crippen molar-refractivity contribution in [3.05, 3.63) is 89.6 Å². The topological polar surface area (TPSA) is 102 Å². The van der Waals surface area contributed by atoms with Crippen LogP contribution in [-0.4, -0.2) is 45.4 Å². The molecule has 8 nitrogen and oxygen atoms in total. The van der Waals surface area contributed by atoms with Crippen molar-refractivity contribution < 1.29 is 14.3 Å².